The highest BCUT2D eigenvalue weighted by atomic mass is 32.2. The van der Waals surface area contributed by atoms with E-state index in [-0.39, 0.29) is 17.7 Å². The smallest absolute Gasteiger partial charge is 0.253 e. The minimum absolute atomic E-state index is 0.0264. The molecule has 1 amide bonds. The van der Waals surface area contributed by atoms with Gasteiger partial charge in [-0.2, -0.15) is 4.31 Å². The van der Waals surface area contributed by atoms with E-state index < -0.39 is 10.0 Å². The van der Waals surface area contributed by atoms with E-state index in [9.17, 15) is 13.2 Å². The number of allylic oxidation sites excluding steroid dienone is 1. The van der Waals surface area contributed by atoms with Crippen LogP contribution in [0.25, 0.3) is 0 Å². The first-order valence-corrected chi connectivity index (χ1v) is 9.71. The zero-order valence-corrected chi connectivity index (χ0v) is 13.9. The van der Waals surface area contributed by atoms with Gasteiger partial charge in [-0.25, -0.2) is 8.42 Å². The Kier molecular flexibility index (Phi) is 4.45. The van der Waals surface area contributed by atoms with Crippen LogP contribution in [0.5, 0.6) is 0 Å². The van der Waals surface area contributed by atoms with E-state index in [0.717, 1.165) is 37.0 Å². The largest absolute Gasteiger partial charge is 0.498 e. The van der Waals surface area contributed by atoms with Crippen molar-refractivity contribution < 1.29 is 17.9 Å². The van der Waals surface area contributed by atoms with Crippen molar-refractivity contribution in [2.75, 3.05) is 32.0 Å². The van der Waals surface area contributed by atoms with E-state index in [0.29, 0.717) is 32.7 Å². The Morgan fingerprint density at radius 3 is 2.73 bits per heavy atom. The predicted molar refractivity (Wildman–Crippen MR) is 82.6 cm³/mol. The predicted octanol–water partition coefficient (Wildman–Crippen LogP) is 1.10. The molecule has 124 valence electrons. The maximum absolute atomic E-state index is 12.7. The van der Waals surface area contributed by atoms with E-state index in [1.54, 1.807) is 4.31 Å². The van der Waals surface area contributed by atoms with Gasteiger partial charge in [-0.15, -0.1) is 0 Å². The Bertz CT molecular complexity index is 584. The van der Waals surface area contributed by atoms with Gasteiger partial charge in [0.05, 0.1) is 17.9 Å². The molecule has 1 unspecified atom stereocenters. The van der Waals surface area contributed by atoms with Crippen LogP contribution in [-0.4, -0.2) is 61.6 Å². The third kappa shape index (κ3) is 3.01. The van der Waals surface area contributed by atoms with Crippen molar-refractivity contribution in [1.29, 1.82) is 0 Å². The van der Waals surface area contributed by atoms with E-state index >= 15 is 0 Å². The average molecular weight is 328 g/mol. The molecule has 0 bridgehead atoms. The van der Waals surface area contributed by atoms with E-state index in [4.69, 9.17) is 4.74 Å². The molecular formula is C15H24N2O4S. The second kappa shape index (κ2) is 6.20. The number of nitrogens with zero attached hydrogens (tertiary/aromatic N) is 2. The fourth-order valence-corrected chi connectivity index (χ4v) is 5.39. The van der Waals surface area contributed by atoms with Gasteiger partial charge in [-0.3, -0.25) is 4.79 Å². The van der Waals surface area contributed by atoms with E-state index in [2.05, 4.69) is 0 Å². The number of amides is 1. The zero-order valence-electron chi connectivity index (χ0n) is 13.1. The molecular weight excluding hydrogens is 304 g/mol. The van der Waals surface area contributed by atoms with Crippen molar-refractivity contribution in [2.24, 2.45) is 0 Å². The molecule has 6 nitrogen and oxygen atoms in total. The highest BCUT2D eigenvalue weighted by Gasteiger charge is 2.38. The summed E-state index contributed by atoms with van der Waals surface area (Å²) in [5.74, 6) is 1.00. The van der Waals surface area contributed by atoms with Gasteiger partial charge in [-0.05, 0) is 39.0 Å². The SMILES string of the molecule is CC1=C(C(=O)N2CCCC(N3CCCS3(=O)=O)C2)CCCO1. The maximum Gasteiger partial charge on any atom is 0.253 e. The second-order valence-corrected chi connectivity index (χ2v) is 8.36. The number of carbonyl (C=O) groups is 1. The second-order valence-electron chi connectivity index (χ2n) is 6.31. The van der Waals surface area contributed by atoms with Crippen LogP contribution in [0, 0.1) is 0 Å². The summed E-state index contributed by atoms with van der Waals surface area (Å²) in [7, 11) is -3.11. The summed E-state index contributed by atoms with van der Waals surface area (Å²) in [4.78, 5) is 14.5. The highest BCUT2D eigenvalue weighted by molar-refractivity contribution is 7.89. The summed E-state index contributed by atoms with van der Waals surface area (Å²) in [5, 5.41) is 0. The van der Waals surface area contributed by atoms with Gasteiger partial charge in [0.15, 0.2) is 0 Å². The zero-order chi connectivity index (χ0) is 15.7. The van der Waals surface area contributed by atoms with Crippen molar-refractivity contribution in [3.63, 3.8) is 0 Å². The number of hydrogen-bond acceptors (Lipinski definition) is 4. The molecule has 0 radical (unpaired) electrons. The summed E-state index contributed by atoms with van der Waals surface area (Å²) >= 11 is 0. The molecule has 0 saturated carbocycles. The first-order valence-electron chi connectivity index (χ1n) is 8.10. The third-order valence-corrected chi connectivity index (χ3v) is 6.80. The van der Waals surface area contributed by atoms with E-state index in [1.807, 2.05) is 11.8 Å². The van der Waals surface area contributed by atoms with Crippen LogP contribution in [0.4, 0.5) is 0 Å². The molecule has 3 heterocycles. The van der Waals surface area contributed by atoms with Crippen LogP contribution in [0.3, 0.4) is 0 Å². The summed E-state index contributed by atoms with van der Waals surface area (Å²) in [5.41, 5.74) is 0.760. The quantitative estimate of drug-likeness (QED) is 0.761. The molecule has 3 aliphatic rings. The van der Waals surface area contributed by atoms with Gasteiger partial charge in [0.25, 0.3) is 5.91 Å². The molecule has 0 spiro atoms. The molecule has 0 aliphatic carbocycles. The number of hydrogen-bond donors (Lipinski definition) is 0. The third-order valence-electron chi connectivity index (χ3n) is 4.80. The molecule has 2 fully saturated rings. The summed E-state index contributed by atoms with van der Waals surface area (Å²) in [6.07, 6.45) is 4.03. The Labute approximate surface area is 132 Å². The highest BCUT2D eigenvalue weighted by Crippen LogP contribution is 2.27. The summed E-state index contributed by atoms with van der Waals surface area (Å²) in [6.45, 7) is 4.34. The number of ether oxygens (including phenoxy) is 1. The van der Waals surface area contributed by atoms with Crippen molar-refractivity contribution >= 4 is 15.9 Å². The normalized spacial score (nSPS) is 29.5. The molecule has 0 aromatic carbocycles. The van der Waals surface area contributed by atoms with Crippen LogP contribution >= 0.6 is 0 Å². The molecule has 0 aromatic heterocycles. The van der Waals surface area contributed by atoms with Crippen molar-refractivity contribution in [1.82, 2.24) is 9.21 Å². The van der Waals surface area contributed by atoms with E-state index in [1.165, 1.54) is 0 Å². The number of likely N-dealkylation sites (tertiary alicyclic amines) is 1. The Morgan fingerprint density at radius 2 is 2.05 bits per heavy atom. The fraction of sp³-hybridized carbons (Fsp3) is 0.800. The lowest BCUT2D eigenvalue weighted by atomic mass is 10.0. The molecule has 2 saturated heterocycles. The minimum atomic E-state index is -3.11. The average Bonchev–Trinajstić information content (AvgIpc) is 2.86. The number of piperidine rings is 1. The van der Waals surface area contributed by atoms with Crippen LogP contribution in [0.15, 0.2) is 11.3 Å². The summed E-state index contributed by atoms with van der Waals surface area (Å²) in [6, 6.07) is -0.0596. The lowest BCUT2D eigenvalue weighted by molar-refractivity contribution is -0.129. The van der Waals surface area contributed by atoms with Crippen LogP contribution < -0.4 is 0 Å². The molecule has 22 heavy (non-hydrogen) atoms. The number of carbonyl (C=O) groups excluding carboxylic acids is 1. The maximum atomic E-state index is 12.7. The van der Waals surface area contributed by atoms with Gasteiger partial charge in [0, 0.05) is 25.7 Å². The van der Waals surface area contributed by atoms with Crippen molar-refractivity contribution in [3.05, 3.63) is 11.3 Å². The molecule has 1 atom stereocenters. The number of sulfonamides is 1. The molecule has 0 N–H and O–H groups in total. The fourth-order valence-electron chi connectivity index (χ4n) is 3.63. The summed E-state index contributed by atoms with van der Waals surface area (Å²) < 4.78 is 31.3. The Hall–Kier alpha value is -1.08. The topological polar surface area (TPSA) is 66.9 Å². The first kappa shape index (κ1) is 15.8. The standard InChI is InChI=1S/C15H24N2O4S/c1-12-14(6-3-9-21-12)15(18)16-7-2-5-13(11-16)17-8-4-10-22(17,19)20/h13H,2-11H2,1H3. The van der Waals surface area contributed by atoms with Gasteiger partial charge >= 0.3 is 0 Å². The Morgan fingerprint density at radius 1 is 1.23 bits per heavy atom. The minimum Gasteiger partial charge on any atom is -0.498 e. The lowest BCUT2D eigenvalue weighted by Gasteiger charge is -2.37. The number of rotatable bonds is 2. The molecule has 3 aliphatic heterocycles. The Balaban J connectivity index is 1.72. The molecule has 7 heteroatoms. The van der Waals surface area contributed by atoms with Gasteiger partial charge in [-0.1, -0.05) is 0 Å². The monoisotopic (exact) mass is 328 g/mol. The van der Waals surface area contributed by atoms with Gasteiger partial charge in [0.2, 0.25) is 10.0 Å². The van der Waals surface area contributed by atoms with Gasteiger partial charge in [0.1, 0.15) is 5.76 Å². The van der Waals surface area contributed by atoms with Crippen LogP contribution in [0.2, 0.25) is 0 Å². The van der Waals surface area contributed by atoms with Gasteiger partial charge < -0.3 is 9.64 Å². The molecule has 3 rings (SSSR count). The van der Waals surface area contributed by atoms with Crippen LogP contribution in [0.1, 0.15) is 39.0 Å². The first-order chi connectivity index (χ1) is 10.5. The lowest BCUT2D eigenvalue weighted by Crippen LogP contribution is -2.50. The van der Waals surface area contributed by atoms with Crippen molar-refractivity contribution in [3.8, 4) is 0 Å². The van der Waals surface area contributed by atoms with Crippen molar-refractivity contribution in [2.45, 2.75) is 45.1 Å². The van der Waals surface area contributed by atoms with Crippen LogP contribution in [-0.2, 0) is 19.6 Å². The molecule has 0 aromatic rings.